The van der Waals surface area contributed by atoms with Gasteiger partial charge in [-0.1, -0.05) is 32.4 Å². The monoisotopic (exact) mass is 1280 g/mol. The van der Waals surface area contributed by atoms with E-state index in [0.717, 1.165) is 12.1 Å². The normalized spacial score (nSPS) is 17.4. The van der Waals surface area contributed by atoms with Gasteiger partial charge in [-0.15, -0.1) is 10.1 Å². The number of hydrogen-bond donors (Lipinski definition) is 0. The number of unbranched alkanes of at least 4 members (excludes halogenated alkanes) is 4. The molecule has 4 aromatic carbocycles. The predicted molar refractivity (Wildman–Crippen MR) is 271 cm³/mol. The third kappa shape index (κ3) is 15.0. The molecule has 0 spiro atoms. The van der Waals surface area contributed by atoms with Crippen LogP contribution in [0.4, 0.5) is 11.4 Å². The summed E-state index contributed by atoms with van der Waals surface area (Å²) in [5.74, 6) is -4.17. The minimum absolute atomic E-state index is 0. The summed E-state index contributed by atoms with van der Waals surface area (Å²) in [7, 11) is -21.4. The Labute approximate surface area is 601 Å². The topological polar surface area (TPSA) is 362 Å². The molecule has 31 heteroatoms. The van der Waals surface area contributed by atoms with Crippen molar-refractivity contribution in [1.82, 2.24) is 10.1 Å². The fraction of sp³-hybridized carbons (Fsp3) is 0.392. The molecule has 0 unspecified atom stereocenters. The Bertz CT molecular complexity index is 3890. The Balaban J connectivity index is 0.00000411. The molecule has 0 N–H and O–H groups in total. The zero-order valence-corrected chi connectivity index (χ0v) is 58.5. The molecule has 2 fully saturated rings. The first kappa shape index (κ1) is 70.9. The van der Waals surface area contributed by atoms with Gasteiger partial charge >= 0.3 is 166 Å². The van der Waals surface area contributed by atoms with E-state index in [1.165, 1.54) is 12.1 Å². The molecule has 4 heterocycles. The van der Waals surface area contributed by atoms with Gasteiger partial charge in [0.15, 0.2) is 5.71 Å². The maximum atomic E-state index is 12.6. The number of anilines is 1. The van der Waals surface area contributed by atoms with Gasteiger partial charge in [0.1, 0.15) is 47.0 Å². The van der Waals surface area contributed by atoms with E-state index in [4.69, 9.17) is 9.68 Å². The minimum Gasteiger partial charge on any atom is -0.744 e. The van der Waals surface area contributed by atoms with Crippen LogP contribution in [0.25, 0.3) is 21.5 Å². The van der Waals surface area contributed by atoms with Gasteiger partial charge in [-0.05, 0) is 104 Å². The Morgan fingerprint density at radius 2 is 1.00 bits per heavy atom. The van der Waals surface area contributed by atoms with Crippen molar-refractivity contribution in [2.75, 3.05) is 18.0 Å². The molecule has 8 rings (SSSR count). The van der Waals surface area contributed by atoms with Gasteiger partial charge in [-0.3, -0.25) is 19.2 Å². The summed E-state index contributed by atoms with van der Waals surface area (Å²) in [6.45, 7) is 7.37. The maximum Gasteiger partial charge on any atom is 1.00 e. The summed E-state index contributed by atoms with van der Waals surface area (Å²) in [6, 6.07) is 8.78. The zero-order chi connectivity index (χ0) is 57.9. The van der Waals surface area contributed by atoms with Gasteiger partial charge in [0, 0.05) is 91.4 Å². The van der Waals surface area contributed by atoms with Crippen molar-refractivity contribution < 1.29 is 249 Å². The summed E-state index contributed by atoms with van der Waals surface area (Å²) >= 11 is 0. The number of hydrogen-bond acceptors (Lipinski definition) is 21. The van der Waals surface area contributed by atoms with Crippen LogP contribution in [-0.2, 0) is 89.7 Å². The summed E-state index contributed by atoms with van der Waals surface area (Å²) in [5, 5.41) is 0.536. The van der Waals surface area contributed by atoms with E-state index in [1.54, 1.807) is 58.1 Å². The van der Waals surface area contributed by atoms with E-state index in [2.05, 4.69) is 0 Å². The molecule has 2 saturated heterocycles. The van der Waals surface area contributed by atoms with E-state index in [-0.39, 0.29) is 240 Å². The summed E-state index contributed by atoms with van der Waals surface area (Å²) < 4.78 is 153. The number of rotatable bonds is 20. The number of fused-ring (bicyclic) bond motifs is 6. The van der Waals surface area contributed by atoms with Crippen molar-refractivity contribution in [3.63, 3.8) is 0 Å². The molecule has 0 aliphatic carbocycles. The first-order valence-electron chi connectivity index (χ1n) is 24.7. The van der Waals surface area contributed by atoms with Crippen molar-refractivity contribution >= 4 is 115 Å². The minimum atomic E-state index is -5.37. The van der Waals surface area contributed by atoms with Gasteiger partial charge < -0.3 is 32.8 Å². The smallest absolute Gasteiger partial charge is 0.744 e. The number of carbonyl (C=O) groups excluding carboxylic acids is 6. The van der Waals surface area contributed by atoms with E-state index >= 15 is 0 Å². The van der Waals surface area contributed by atoms with Gasteiger partial charge in [0.2, 0.25) is 5.69 Å². The molecule has 0 saturated carbocycles. The average Bonchev–Trinajstić information content (AvgIpc) is 4.16. The molecule has 4 aliphatic rings. The molecule has 24 nitrogen and oxygen atoms in total. The molecule has 0 radical (unpaired) electrons. The molecular formula is C51H51K3N4O20S4. The fourth-order valence-electron chi connectivity index (χ4n) is 10.7. The first-order valence-corrected chi connectivity index (χ1v) is 30.4. The number of benzene rings is 4. The summed E-state index contributed by atoms with van der Waals surface area (Å²) in [5.41, 5.74) is 0.220. The number of nitrogens with zero attached hydrogens (tertiary/aromatic N) is 4. The van der Waals surface area contributed by atoms with Crippen molar-refractivity contribution in [2.45, 2.75) is 135 Å². The SMILES string of the molecule is CC1(C)C(=CC=CC2=[N+](CCCCCC(=O)ON3C(=O)CCC3=O)c3ccc4c(S(=O)(=O)[O-])cc(S(=O)(=O)[O-])cc4c3C2(C)C)N(CCCCCC(=O)ON2C(=O)CCC2=O)c2ccc3c(S(=O)(=O)[O-])cc(S(=O)(=O)[O-])cc3c21.[K+].[K+].[K+]. The first-order chi connectivity index (χ1) is 36.7. The van der Waals surface area contributed by atoms with Crippen LogP contribution in [0, 0.1) is 0 Å². The number of allylic oxidation sites excluding steroid dienone is 4. The van der Waals surface area contributed by atoms with E-state index in [1.807, 2.05) is 9.48 Å². The molecule has 422 valence electrons. The molecule has 82 heavy (non-hydrogen) atoms. The quantitative estimate of drug-likeness (QED) is 0.0265. The molecule has 0 aromatic heterocycles. The van der Waals surface area contributed by atoms with E-state index in [0.29, 0.717) is 81.9 Å². The van der Waals surface area contributed by atoms with Crippen LogP contribution in [-0.4, -0.2) is 121 Å². The van der Waals surface area contributed by atoms with Crippen molar-refractivity contribution in [3.05, 3.63) is 83.6 Å². The molecule has 4 aliphatic heterocycles. The number of hydroxylamine groups is 4. The summed E-state index contributed by atoms with van der Waals surface area (Å²) in [6.07, 6.45) is 6.42. The van der Waals surface area contributed by atoms with Gasteiger partial charge in [-0.25, -0.2) is 43.3 Å². The Hall–Kier alpha value is -1.88. The van der Waals surface area contributed by atoms with Gasteiger partial charge in [0.05, 0.1) is 25.0 Å². The van der Waals surface area contributed by atoms with Crippen molar-refractivity contribution in [3.8, 4) is 0 Å². The van der Waals surface area contributed by atoms with Crippen LogP contribution in [0.3, 0.4) is 0 Å². The van der Waals surface area contributed by atoms with Crippen LogP contribution in [0.15, 0.2) is 92.0 Å². The molecule has 0 atom stereocenters. The molecule has 0 bridgehead atoms. The van der Waals surface area contributed by atoms with E-state index < -0.39 is 106 Å². The Kier molecular flexibility index (Phi) is 23.6. The van der Waals surface area contributed by atoms with Crippen molar-refractivity contribution in [1.29, 1.82) is 0 Å². The number of imide groups is 2. The second-order valence-corrected chi connectivity index (χ2v) is 25.8. The largest absolute Gasteiger partial charge is 1.00 e. The van der Waals surface area contributed by atoms with Crippen molar-refractivity contribution in [2.24, 2.45) is 0 Å². The average molecular weight is 1290 g/mol. The molecule has 4 aromatic rings. The van der Waals surface area contributed by atoms with E-state index in [9.17, 15) is 80.6 Å². The Morgan fingerprint density at radius 1 is 0.561 bits per heavy atom. The fourth-order valence-corrected chi connectivity index (χ4v) is 13.4. The van der Waals surface area contributed by atoms with Crippen LogP contribution in [0.1, 0.15) is 116 Å². The molecule has 4 amide bonds. The zero-order valence-electron chi connectivity index (χ0n) is 45.8. The second kappa shape index (κ2) is 27.2. The summed E-state index contributed by atoms with van der Waals surface area (Å²) in [4.78, 5) is 81.2. The van der Waals surface area contributed by atoms with Crippen LogP contribution in [0.5, 0.6) is 0 Å². The van der Waals surface area contributed by atoms with Crippen LogP contribution >= 0.6 is 0 Å². The van der Waals surface area contributed by atoms with Crippen LogP contribution < -0.4 is 159 Å². The standard InChI is InChI=1S/C51H54N4O20S4.3K/c1-50(2)40(52(24-9-5-7-14-46(60)74-54-42(56)20-21-43(54)57)36-18-16-32-34(48(36)50)26-30(76(62,63)64)28-38(32)78(68,69)70)12-11-13-41-51(3,4)49-35-27-31(77(65,66)67)29-39(79(71,72)73)33(35)17-19-37(49)53(41)25-10-6-8-15-47(61)75-55-44(58)22-23-45(55)59;;;/h11-13,16-19,26-29H,5-10,14-15,20-25H2,1-4H3,(H3-,62,63,64,65,66,67,68,69,70,71,72,73);;;/q;3*+1/p-3. The number of carbonyl (C=O) groups is 6. The predicted octanol–water partition coefficient (Wildman–Crippen LogP) is -4.43. The number of amides is 4. The van der Waals surface area contributed by atoms with Crippen LogP contribution in [0.2, 0.25) is 0 Å². The van der Waals surface area contributed by atoms with Gasteiger partial charge in [0.25, 0.3) is 23.6 Å². The third-order valence-electron chi connectivity index (χ3n) is 14.3. The Morgan fingerprint density at radius 3 is 1.45 bits per heavy atom. The third-order valence-corrected chi connectivity index (χ3v) is 17.7. The maximum absolute atomic E-state index is 12.6. The molecular weight excluding hydrogens is 1230 g/mol. The second-order valence-electron chi connectivity index (χ2n) is 20.3. The van der Waals surface area contributed by atoms with Gasteiger partial charge in [-0.2, -0.15) is 4.58 Å².